The van der Waals surface area contributed by atoms with Crippen LogP contribution in [-0.4, -0.2) is 40.9 Å². The number of hydrogen-bond donors (Lipinski definition) is 0. The Balaban J connectivity index is 1.94. The quantitative estimate of drug-likeness (QED) is 0.297. The fourth-order valence-electron chi connectivity index (χ4n) is 3.15. The zero-order chi connectivity index (χ0) is 27.3. The summed E-state index contributed by atoms with van der Waals surface area (Å²) >= 11 is 0. The average Bonchev–Trinajstić information content (AvgIpc) is 3.01. The van der Waals surface area contributed by atoms with Gasteiger partial charge in [0.15, 0.2) is 0 Å². The standard InChI is InChI=1S/C18H12F9N3O5S/c1-8-13(9-4-10(16(19,20)21)6-11(5-9)17(22,23)24)34-15(31)30(8)7-12-14(29-3-2-28-12)35-36(32,33)18(25,26)27/h2-6,8,13H,7H2,1H3/t8-,13-/m0/s1. The largest absolute Gasteiger partial charge is 0.534 e. The molecule has 0 aliphatic carbocycles. The summed E-state index contributed by atoms with van der Waals surface area (Å²) in [4.78, 5) is 20.0. The van der Waals surface area contributed by atoms with Crippen LogP contribution in [0, 0.1) is 0 Å². The van der Waals surface area contributed by atoms with E-state index in [1.54, 1.807) is 0 Å². The van der Waals surface area contributed by atoms with E-state index < -0.39 is 81.0 Å². The maximum Gasteiger partial charge on any atom is 0.534 e. The molecule has 1 fully saturated rings. The van der Waals surface area contributed by atoms with Gasteiger partial charge in [0.05, 0.1) is 23.7 Å². The first-order valence-corrected chi connectivity index (χ1v) is 10.8. The van der Waals surface area contributed by atoms with Crippen LogP contribution in [0.25, 0.3) is 0 Å². The summed E-state index contributed by atoms with van der Waals surface area (Å²) in [5.74, 6) is -1.16. The zero-order valence-corrected chi connectivity index (χ0v) is 18.3. The van der Waals surface area contributed by atoms with Gasteiger partial charge in [0.2, 0.25) is 0 Å². The van der Waals surface area contributed by atoms with Crippen LogP contribution < -0.4 is 4.18 Å². The molecule has 0 spiro atoms. The second-order valence-electron chi connectivity index (χ2n) is 7.30. The van der Waals surface area contributed by atoms with Crippen LogP contribution in [0.15, 0.2) is 30.6 Å². The van der Waals surface area contributed by atoms with Gasteiger partial charge in [0.1, 0.15) is 11.8 Å². The molecule has 18 heteroatoms. The summed E-state index contributed by atoms with van der Waals surface area (Å²) in [7, 11) is -6.18. The van der Waals surface area contributed by atoms with Gasteiger partial charge in [-0.2, -0.15) is 47.9 Å². The number of nitrogens with zero attached hydrogens (tertiary/aromatic N) is 3. The number of hydrogen-bond acceptors (Lipinski definition) is 7. The molecule has 1 saturated heterocycles. The maximum absolute atomic E-state index is 13.2. The van der Waals surface area contributed by atoms with Crippen molar-refractivity contribution in [1.82, 2.24) is 14.9 Å². The molecule has 1 aliphatic rings. The van der Waals surface area contributed by atoms with Crippen molar-refractivity contribution in [3.63, 3.8) is 0 Å². The predicted octanol–water partition coefficient (Wildman–Crippen LogP) is 4.82. The molecule has 0 N–H and O–H groups in total. The van der Waals surface area contributed by atoms with Gasteiger partial charge in [0, 0.05) is 12.4 Å². The molecule has 1 amide bonds. The molecule has 8 nitrogen and oxygen atoms in total. The van der Waals surface area contributed by atoms with Crippen LogP contribution in [0.1, 0.15) is 35.4 Å². The third-order valence-corrected chi connectivity index (χ3v) is 5.80. The van der Waals surface area contributed by atoms with E-state index in [1.165, 1.54) is 6.92 Å². The van der Waals surface area contributed by atoms with Gasteiger partial charge >= 0.3 is 34.1 Å². The van der Waals surface area contributed by atoms with Crippen molar-refractivity contribution in [2.75, 3.05) is 0 Å². The average molecular weight is 553 g/mol. The minimum Gasteiger partial charge on any atom is -0.439 e. The highest BCUT2D eigenvalue weighted by molar-refractivity contribution is 7.87. The van der Waals surface area contributed by atoms with Gasteiger partial charge in [-0.15, -0.1) is 0 Å². The van der Waals surface area contributed by atoms with E-state index in [2.05, 4.69) is 14.2 Å². The molecule has 1 aromatic heterocycles. The molecule has 198 valence electrons. The van der Waals surface area contributed by atoms with E-state index in [0.717, 1.165) is 12.4 Å². The molecule has 1 aliphatic heterocycles. The van der Waals surface area contributed by atoms with Gasteiger partial charge in [-0.3, -0.25) is 9.88 Å². The minimum absolute atomic E-state index is 0.118. The Hall–Kier alpha value is -3.31. The smallest absolute Gasteiger partial charge is 0.439 e. The van der Waals surface area contributed by atoms with Crippen LogP contribution in [0.4, 0.5) is 44.3 Å². The first-order chi connectivity index (χ1) is 16.3. The Bertz CT molecular complexity index is 1230. The highest BCUT2D eigenvalue weighted by atomic mass is 32.2. The Labute approximate surface area is 195 Å². The molecule has 2 aromatic rings. The summed E-state index contributed by atoms with van der Waals surface area (Å²) in [6, 6.07) is -0.677. The normalized spacial score (nSPS) is 19.4. The van der Waals surface area contributed by atoms with Gasteiger partial charge in [-0.05, 0) is 30.7 Å². The molecule has 0 radical (unpaired) electrons. The Kier molecular flexibility index (Phi) is 6.80. The van der Waals surface area contributed by atoms with Gasteiger partial charge in [-0.1, -0.05) is 0 Å². The van der Waals surface area contributed by atoms with E-state index in [-0.39, 0.29) is 6.07 Å². The van der Waals surface area contributed by atoms with Crippen molar-refractivity contribution in [1.29, 1.82) is 0 Å². The number of carbonyl (C=O) groups excluding carboxylic acids is 1. The highest BCUT2D eigenvalue weighted by Crippen LogP contribution is 2.41. The lowest BCUT2D eigenvalue weighted by Gasteiger charge is -2.22. The summed E-state index contributed by atoms with van der Waals surface area (Å²) in [5.41, 5.74) is -10.4. The van der Waals surface area contributed by atoms with Crippen molar-refractivity contribution in [3.05, 3.63) is 53.0 Å². The van der Waals surface area contributed by atoms with Crippen molar-refractivity contribution >= 4 is 16.2 Å². The number of alkyl halides is 9. The molecule has 0 bridgehead atoms. The lowest BCUT2D eigenvalue weighted by Crippen LogP contribution is -2.33. The number of rotatable bonds is 5. The second-order valence-corrected chi connectivity index (χ2v) is 8.84. The number of halogens is 9. The van der Waals surface area contributed by atoms with Crippen LogP contribution >= 0.6 is 0 Å². The number of cyclic esters (lactones) is 1. The Morgan fingerprint density at radius 2 is 1.47 bits per heavy atom. The molecule has 3 rings (SSSR count). The minimum atomic E-state index is -6.18. The van der Waals surface area contributed by atoms with E-state index in [0.29, 0.717) is 17.0 Å². The highest BCUT2D eigenvalue weighted by Gasteiger charge is 2.49. The SMILES string of the molecule is C[C@H]1[C@@H](c2cc(C(F)(F)F)cc(C(F)(F)F)c2)OC(=O)N1Cc1nccnc1OS(=O)(=O)C(F)(F)F. The van der Waals surface area contributed by atoms with Gasteiger partial charge < -0.3 is 8.92 Å². The number of carbonyl (C=O) groups is 1. The van der Waals surface area contributed by atoms with Crippen LogP contribution in [0.5, 0.6) is 5.88 Å². The van der Waals surface area contributed by atoms with Crippen molar-refractivity contribution in [2.45, 2.75) is 43.5 Å². The molecule has 2 heterocycles. The first-order valence-electron chi connectivity index (χ1n) is 9.38. The van der Waals surface area contributed by atoms with Crippen molar-refractivity contribution < 1.29 is 61.6 Å². The summed E-state index contributed by atoms with van der Waals surface area (Å²) < 4.78 is 149. The third-order valence-electron chi connectivity index (χ3n) is 4.86. The predicted molar refractivity (Wildman–Crippen MR) is 98.3 cm³/mol. The Morgan fingerprint density at radius 1 is 0.944 bits per heavy atom. The topological polar surface area (TPSA) is 98.7 Å². The first kappa shape index (κ1) is 27.3. The number of ether oxygens (including phenoxy) is 1. The molecule has 0 saturated carbocycles. The van der Waals surface area contributed by atoms with E-state index in [1.807, 2.05) is 0 Å². The number of amides is 1. The summed E-state index contributed by atoms with van der Waals surface area (Å²) in [5, 5.41) is 0. The van der Waals surface area contributed by atoms with Crippen molar-refractivity contribution in [2.24, 2.45) is 0 Å². The fourth-order valence-corrected chi connectivity index (χ4v) is 3.59. The van der Waals surface area contributed by atoms with E-state index >= 15 is 0 Å². The fraction of sp³-hybridized carbons (Fsp3) is 0.389. The zero-order valence-electron chi connectivity index (χ0n) is 17.4. The maximum atomic E-state index is 13.2. The lowest BCUT2D eigenvalue weighted by atomic mass is 9.97. The molecular weight excluding hydrogens is 541 g/mol. The van der Waals surface area contributed by atoms with Crippen LogP contribution in [0.2, 0.25) is 0 Å². The third kappa shape index (κ3) is 5.57. The van der Waals surface area contributed by atoms with E-state index in [4.69, 9.17) is 4.74 Å². The molecular formula is C18H12F9N3O5S. The molecule has 1 aromatic carbocycles. The van der Waals surface area contributed by atoms with Gasteiger partial charge in [0.25, 0.3) is 5.88 Å². The Morgan fingerprint density at radius 3 is 1.97 bits per heavy atom. The van der Waals surface area contributed by atoms with Crippen LogP contribution in [-0.2, 0) is 33.8 Å². The van der Waals surface area contributed by atoms with Crippen LogP contribution in [0.3, 0.4) is 0 Å². The summed E-state index contributed by atoms with van der Waals surface area (Å²) in [6.45, 7) is 0.366. The second kappa shape index (κ2) is 8.97. The lowest BCUT2D eigenvalue weighted by molar-refractivity contribution is -0.143. The summed E-state index contributed by atoms with van der Waals surface area (Å²) in [6.07, 6.45) is -11.6. The molecule has 36 heavy (non-hydrogen) atoms. The van der Waals surface area contributed by atoms with E-state index in [9.17, 15) is 52.7 Å². The monoisotopic (exact) mass is 553 g/mol. The molecule has 2 atom stereocenters. The van der Waals surface area contributed by atoms with Gasteiger partial charge in [-0.25, -0.2) is 9.78 Å². The molecule has 0 unspecified atom stereocenters. The number of benzene rings is 1. The number of aromatic nitrogens is 2. The van der Waals surface area contributed by atoms with Crippen molar-refractivity contribution in [3.8, 4) is 5.88 Å².